The number of nitrogens with one attached hydrogen (secondary N) is 1. The van der Waals surface area contributed by atoms with Crippen molar-refractivity contribution in [2.24, 2.45) is 10.4 Å². The standard InChI is InChI=1S/C19H18ClN3O2/c1-11-5-12-6-16(23-17(12)21-8-11)14-7-13(3-4-15(14)20)22-18(24)19(2)9-25-10-19/h3-5,7-8H,6,9-10H2,1-2H3,(H,22,24). The first-order valence-electron chi connectivity index (χ1n) is 8.17. The number of aromatic nitrogens is 1. The summed E-state index contributed by atoms with van der Waals surface area (Å²) in [5.74, 6) is 0.700. The van der Waals surface area contributed by atoms with Gasteiger partial charge in [-0.25, -0.2) is 9.98 Å². The average molecular weight is 356 g/mol. The van der Waals surface area contributed by atoms with Gasteiger partial charge in [-0.2, -0.15) is 0 Å². The number of hydrogen-bond donors (Lipinski definition) is 1. The molecule has 0 atom stereocenters. The Labute approximate surface area is 151 Å². The van der Waals surface area contributed by atoms with Crippen molar-refractivity contribution in [1.82, 2.24) is 4.98 Å². The molecular weight excluding hydrogens is 338 g/mol. The molecule has 0 spiro atoms. The minimum absolute atomic E-state index is 0.0408. The van der Waals surface area contributed by atoms with E-state index in [-0.39, 0.29) is 5.91 Å². The number of pyridine rings is 1. The average Bonchev–Trinajstić information content (AvgIpc) is 2.97. The molecule has 0 radical (unpaired) electrons. The number of aryl methyl sites for hydroxylation is 1. The van der Waals surface area contributed by atoms with E-state index in [9.17, 15) is 4.79 Å². The molecule has 128 valence electrons. The fraction of sp³-hybridized carbons (Fsp3) is 0.316. The molecule has 0 saturated carbocycles. The van der Waals surface area contributed by atoms with Gasteiger partial charge in [0.15, 0.2) is 5.82 Å². The second kappa shape index (κ2) is 5.93. The number of ether oxygens (including phenoxy) is 1. The minimum atomic E-state index is -0.456. The lowest BCUT2D eigenvalue weighted by Crippen LogP contribution is -2.49. The molecule has 1 aromatic heterocycles. The van der Waals surface area contributed by atoms with E-state index in [0.29, 0.717) is 30.3 Å². The van der Waals surface area contributed by atoms with Crippen LogP contribution in [0, 0.1) is 12.3 Å². The number of carbonyl (C=O) groups is 1. The van der Waals surface area contributed by atoms with Gasteiger partial charge in [-0.05, 0) is 37.6 Å². The van der Waals surface area contributed by atoms with Gasteiger partial charge in [-0.3, -0.25) is 4.79 Å². The number of aliphatic imine (C=N–C) groups is 1. The molecule has 2 aliphatic heterocycles. The van der Waals surface area contributed by atoms with Crippen molar-refractivity contribution < 1.29 is 9.53 Å². The number of benzene rings is 1. The third-order valence-electron chi connectivity index (χ3n) is 4.60. The quantitative estimate of drug-likeness (QED) is 0.913. The van der Waals surface area contributed by atoms with E-state index in [0.717, 1.165) is 28.2 Å². The molecule has 1 N–H and O–H groups in total. The molecule has 25 heavy (non-hydrogen) atoms. The van der Waals surface area contributed by atoms with Crippen LogP contribution in [0.25, 0.3) is 0 Å². The Morgan fingerprint density at radius 3 is 2.84 bits per heavy atom. The minimum Gasteiger partial charge on any atom is -0.379 e. The lowest BCUT2D eigenvalue weighted by Gasteiger charge is -2.36. The highest BCUT2D eigenvalue weighted by Crippen LogP contribution is 2.32. The third kappa shape index (κ3) is 2.94. The number of halogens is 1. The number of nitrogens with zero attached hydrogens (tertiary/aromatic N) is 2. The van der Waals surface area contributed by atoms with E-state index < -0.39 is 5.41 Å². The van der Waals surface area contributed by atoms with Gasteiger partial charge in [-0.15, -0.1) is 0 Å². The predicted molar refractivity (Wildman–Crippen MR) is 97.9 cm³/mol. The van der Waals surface area contributed by atoms with Crippen LogP contribution >= 0.6 is 11.6 Å². The first-order valence-corrected chi connectivity index (χ1v) is 8.55. The number of rotatable bonds is 3. The fourth-order valence-electron chi connectivity index (χ4n) is 3.00. The van der Waals surface area contributed by atoms with Crippen molar-refractivity contribution in [3.63, 3.8) is 0 Å². The highest BCUT2D eigenvalue weighted by atomic mass is 35.5. The van der Waals surface area contributed by atoms with Gasteiger partial charge in [-0.1, -0.05) is 17.7 Å². The van der Waals surface area contributed by atoms with Gasteiger partial charge < -0.3 is 10.1 Å². The lowest BCUT2D eigenvalue weighted by molar-refractivity contribution is -0.151. The van der Waals surface area contributed by atoms with Crippen LogP contribution in [0.1, 0.15) is 23.6 Å². The summed E-state index contributed by atoms with van der Waals surface area (Å²) in [6.45, 7) is 4.81. The smallest absolute Gasteiger partial charge is 0.234 e. The van der Waals surface area contributed by atoms with Crippen molar-refractivity contribution in [3.05, 3.63) is 52.2 Å². The van der Waals surface area contributed by atoms with Crippen molar-refractivity contribution in [2.75, 3.05) is 18.5 Å². The molecule has 1 aromatic carbocycles. The molecule has 0 unspecified atom stereocenters. The summed E-state index contributed by atoms with van der Waals surface area (Å²) in [5.41, 5.74) is 4.15. The van der Waals surface area contributed by atoms with E-state index in [1.165, 1.54) is 0 Å². The Hall–Kier alpha value is -2.24. The lowest BCUT2D eigenvalue weighted by atomic mass is 9.87. The number of carbonyl (C=O) groups excluding carboxylic acids is 1. The monoisotopic (exact) mass is 355 g/mol. The van der Waals surface area contributed by atoms with E-state index in [1.807, 2.05) is 26.1 Å². The molecule has 1 fully saturated rings. The summed E-state index contributed by atoms with van der Waals surface area (Å²) in [6, 6.07) is 7.56. The molecule has 0 bridgehead atoms. The van der Waals surface area contributed by atoms with Gasteiger partial charge in [0.25, 0.3) is 0 Å². The molecule has 2 aromatic rings. The Bertz CT molecular complexity index is 904. The van der Waals surface area contributed by atoms with Gasteiger partial charge >= 0.3 is 0 Å². The molecule has 6 heteroatoms. The maximum absolute atomic E-state index is 12.4. The van der Waals surface area contributed by atoms with Crippen molar-refractivity contribution in [2.45, 2.75) is 20.3 Å². The van der Waals surface area contributed by atoms with Gasteiger partial charge in [0.05, 0.1) is 24.3 Å². The van der Waals surface area contributed by atoms with Crippen LogP contribution in [-0.4, -0.2) is 29.8 Å². The maximum atomic E-state index is 12.4. The number of hydrogen-bond acceptors (Lipinski definition) is 4. The predicted octanol–water partition coefficient (Wildman–Crippen LogP) is 3.70. The first-order chi connectivity index (χ1) is 11.9. The number of anilines is 1. The van der Waals surface area contributed by atoms with Crippen LogP contribution in [0.4, 0.5) is 11.5 Å². The van der Waals surface area contributed by atoms with Crippen LogP contribution in [0.2, 0.25) is 5.02 Å². The highest BCUT2D eigenvalue weighted by molar-refractivity contribution is 6.34. The van der Waals surface area contributed by atoms with Crippen LogP contribution in [0.15, 0.2) is 35.5 Å². The van der Waals surface area contributed by atoms with Crippen LogP contribution in [0.3, 0.4) is 0 Å². The Kier molecular flexibility index (Phi) is 3.85. The molecule has 1 amide bonds. The van der Waals surface area contributed by atoms with Crippen molar-refractivity contribution >= 4 is 34.7 Å². The van der Waals surface area contributed by atoms with Gasteiger partial charge in [0.2, 0.25) is 5.91 Å². The summed E-state index contributed by atoms with van der Waals surface area (Å²) >= 11 is 6.38. The number of fused-ring (bicyclic) bond motifs is 1. The molecule has 3 heterocycles. The Morgan fingerprint density at radius 2 is 2.12 bits per heavy atom. The normalized spacial score (nSPS) is 17.5. The van der Waals surface area contributed by atoms with Crippen LogP contribution < -0.4 is 5.32 Å². The van der Waals surface area contributed by atoms with E-state index in [1.54, 1.807) is 12.1 Å². The maximum Gasteiger partial charge on any atom is 0.234 e. The molecule has 1 saturated heterocycles. The van der Waals surface area contributed by atoms with E-state index in [4.69, 9.17) is 16.3 Å². The SMILES string of the molecule is Cc1cnc2c(c1)CC(c1cc(NC(=O)C3(C)COC3)ccc1Cl)=N2. The van der Waals surface area contributed by atoms with Gasteiger partial charge in [0, 0.05) is 34.5 Å². The second-order valence-corrected chi connectivity index (χ2v) is 7.34. The molecule has 2 aliphatic rings. The molecule has 5 nitrogen and oxygen atoms in total. The summed E-state index contributed by atoms with van der Waals surface area (Å²) in [7, 11) is 0. The summed E-state index contributed by atoms with van der Waals surface area (Å²) in [4.78, 5) is 21.4. The summed E-state index contributed by atoms with van der Waals surface area (Å²) < 4.78 is 5.16. The fourth-order valence-corrected chi connectivity index (χ4v) is 3.23. The molecular formula is C19H18ClN3O2. The van der Waals surface area contributed by atoms with Crippen molar-refractivity contribution in [1.29, 1.82) is 0 Å². The Morgan fingerprint density at radius 1 is 1.32 bits per heavy atom. The summed E-state index contributed by atoms with van der Waals surface area (Å²) in [6.07, 6.45) is 2.50. The topological polar surface area (TPSA) is 63.6 Å². The largest absolute Gasteiger partial charge is 0.379 e. The summed E-state index contributed by atoms with van der Waals surface area (Å²) in [5, 5.41) is 3.57. The van der Waals surface area contributed by atoms with E-state index in [2.05, 4.69) is 21.4 Å². The van der Waals surface area contributed by atoms with Crippen LogP contribution in [-0.2, 0) is 16.0 Å². The zero-order valence-electron chi connectivity index (χ0n) is 14.1. The zero-order valence-corrected chi connectivity index (χ0v) is 14.9. The van der Waals surface area contributed by atoms with Crippen molar-refractivity contribution in [3.8, 4) is 0 Å². The van der Waals surface area contributed by atoms with E-state index >= 15 is 0 Å². The zero-order chi connectivity index (χ0) is 17.6. The molecule has 0 aliphatic carbocycles. The first kappa shape index (κ1) is 16.2. The second-order valence-electron chi connectivity index (χ2n) is 6.93. The highest BCUT2D eigenvalue weighted by Gasteiger charge is 2.41. The van der Waals surface area contributed by atoms with Crippen LogP contribution in [0.5, 0.6) is 0 Å². The number of amides is 1. The molecule has 4 rings (SSSR count). The third-order valence-corrected chi connectivity index (χ3v) is 4.93. The van der Waals surface area contributed by atoms with Gasteiger partial charge in [0.1, 0.15) is 0 Å². The Balaban J connectivity index is 1.60.